The van der Waals surface area contributed by atoms with Crippen molar-refractivity contribution < 1.29 is 4.74 Å². The number of hydrogen-bond acceptors (Lipinski definition) is 2. The van der Waals surface area contributed by atoms with Crippen molar-refractivity contribution >= 4 is 0 Å². The molecule has 0 unspecified atom stereocenters. The molecule has 0 aromatic rings. The van der Waals surface area contributed by atoms with Crippen LogP contribution in [-0.4, -0.2) is 25.3 Å². The molecule has 0 atom stereocenters. The first kappa shape index (κ1) is 13.7. The highest BCUT2D eigenvalue weighted by Crippen LogP contribution is 1.98. The molecule has 0 rings (SSSR count). The average molecular weight is 199 g/mol. The first-order chi connectivity index (χ1) is 6.56. The number of rotatable bonds is 7. The average Bonchev–Trinajstić information content (AvgIpc) is 2.08. The first-order valence-corrected chi connectivity index (χ1v) is 5.54. The van der Waals surface area contributed by atoms with Crippen molar-refractivity contribution in [1.82, 2.24) is 5.32 Å². The third-order valence-corrected chi connectivity index (χ3v) is 1.70. The fraction of sp³-hybridized carbons (Fsp3) is 0.833. The molecule has 0 fully saturated rings. The van der Waals surface area contributed by atoms with Crippen LogP contribution < -0.4 is 5.32 Å². The Labute approximate surface area is 88.7 Å². The predicted octanol–water partition coefficient (Wildman–Crippen LogP) is 2.75. The SMILES string of the molecule is CCCOCC=CCCNC(C)(C)C. The van der Waals surface area contributed by atoms with Crippen LogP contribution in [0.1, 0.15) is 40.5 Å². The molecule has 0 spiro atoms. The molecule has 2 heteroatoms. The highest BCUT2D eigenvalue weighted by Gasteiger charge is 2.05. The molecule has 14 heavy (non-hydrogen) atoms. The van der Waals surface area contributed by atoms with Gasteiger partial charge in [-0.1, -0.05) is 19.1 Å². The zero-order chi connectivity index (χ0) is 10.9. The molecule has 0 aromatic carbocycles. The van der Waals surface area contributed by atoms with Crippen molar-refractivity contribution in [3.63, 3.8) is 0 Å². The van der Waals surface area contributed by atoms with Crippen molar-refractivity contribution in [3.8, 4) is 0 Å². The van der Waals surface area contributed by atoms with Crippen LogP contribution in [0.15, 0.2) is 12.2 Å². The molecule has 0 saturated carbocycles. The summed E-state index contributed by atoms with van der Waals surface area (Å²) in [6, 6.07) is 0. The van der Waals surface area contributed by atoms with E-state index in [2.05, 4.69) is 45.2 Å². The number of ether oxygens (including phenoxy) is 1. The number of hydrogen-bond donors (Lipinski definition) is 1. The van der Waals surface area contributed by atoms with Crippen LogP contribution in [0.4, 0.5) is 0 Å². The zero-order valence-electron chi connectivity index (χ0n) is 10.1. The Hall–Kier alpha value is -0.340. The molecule has 0 bridgehead atoms. The van der Waals surface area contributed by atoms with Crippen molar-refractivity contribution in [3.05, 3.63) is 12.2 Å². The Morgan fingerprint density at radius 2 is 1.93 bits per heavy atom. The van der Waals surface area contributed by atoms with Gasteiger partial charge >= 0.3 is 0 Å². The van der Waals surface area contributed by atoms with E-state index >= 15 is 0 Å². The van der Waals surface area contributed by atoms with Crippen LogP contribution >= 0.6 is 0 Å². The maximum atomic E-state index is 5.32. The number of nitrogens with one attached hydrogen (secondary N) is 1. The lowest BCUT2D eigenvalue weighted by molar-refractivity contribution is 0.163. The third kappa shape index (κ3) is 11.7. The van der Waals surface area contributed by atoms with Gasteiger partial charge in [-0.05, 0) is 40.2 Å². The molecule has 0 heterocycles. The van der Waals surface area contributed by atoms with E-state index in [4.69, 9.17) is 4.74 Å². The predicted molar refractivity (Wildman–Crippen MR) is 62.6 cm³/mol. The van der Waals surface area contributed by atoms with E-state index in [-0.39, 0.29) is 5.54 Å². The van der Waals surface area contributed by atoms with Gasteiger partial charge in [-0.3, -0.25) is 0 Å². The molecule has 84 valence electrons. The van der Waals surface area contributed by atoms with Gasteiger partial charge in [0.2, 0.25) is 0 Å². The van der Waals surface area contributed by atoms with E-state index in [1.165, 1.54) is 0 Å². The maximum Gasteiger partial charge on any atom is 0.0647 e. The van der Waals surface area contributed by atoms with E-state index in [0.29, 0.717) is 0 Å². The van der Waals surface area contributed by atoms with Crippen molar-refractivity contribution in [1.29, 1.82) is 0 Å². The van der Waals surface area contributed by atoms with E-state index in [1.807, 2.05) is 0 Å². The molecule has 0 aliphatic carbocycles. The molecule has 1 N–H and O–H groups in total. The lowest BCUT2D eigenvalue weighted by Gasteiger charge is -2.19. The van der Waals surface area contributed by atoms with Crippen LogP contribution in [0.2, 0.25) is 0 Å². The topological polar surface area (TPSA) is 21.3 Å². The minimum atomic E-state index is 0.229. The molecular weight excluding hydrogens is 174 g/mol. The summed E-state index contributed by atoms with van der Waals surface area (Å²) in [7, 11) is 0. The summed E-state index contributed by atoms with van der Waals surface area (Å²) in [6.07, 6.45) is 6.45. The van der Waals surface area contributed by atoms with Gasteiger partial charge in [-0.15, -0.1) is 0 Å². The molecule has 0 amide bonds. The van der Waals surface area contributed by atoms with Crippen molar-refractivity contribution in [2.24, 2.45) is 0 Å². The minimum Gasteiger partial charge on any atom is -0.377 e. The monoisotopic (exact) mass is 199 g/mol. The molecule has 0 aliphatic heterocycles. The van der Waals surface area contributed by atoms with Gasteiger partial charge in [0.15, 0.2) is 0 Å². The molecule has 0 aliphatic rings. The normalized spacial score (nSPS) is 12.6. The Morgan fingerprint density at radius 1 is 1.21 bits per heavy atom. The smallest absolute Gasteiger partial charge is 0.0647 e. The first-order valence-electron chi connectivity index (χ1n) is 5.54. The summed E-state index contributed by atoms with van der Waals surface area (Å²) in [5.74, 6) is 0. The standard InChI is InChI=1S/C12H25NO/c1-5-10-14-11-8-6-7-9-13-12(2,3)4/h6,8,13H,5,7,9-11H2,1-4H3. The van der Waals surface area contributed by atoms with Gasteiger partial charge < -0.3 is 10.1 Å². The fourth-order valence-electron chi connectivity index (χ4n) is 1.01. The van der Waals surface area contributed by atoms with E-state index < -0.39 is 0 Å². The summed E-state index contributed by atoms with van der Waals surface area (Å²) >= 11 is 0. The molecular formula is C12H25NO. The van der Waals surface area contributed by atoms with Gasteiger partial charge in [0.1, 0.15) is 0 Å². The summed E-state index contributed by atoms with van der Waals surface area (Å²) in [4.78, 5) is 0. The quantitative estimate of drug-likeness (QED) is 0.503. The van der Waals surface area contributed by atoms with Crippen LogP contribution in [0.25, 0.3) is 0 Å². The Balaban J connectivity index is 3.19. The maximum absolute atomic E-state index is 5.32. The summed E-state index contributed by atoms with van der Waals surface area (Å²) in [6.45, 7) is 11.3. The zero-order valence-corrected chi connectivity index (χ0v) is 10.1. The highest BCUT2D eigenvalue weighted by molar-refractivity contribution is 4.83. The largest absolute Gasteiger partial charge is 0.377 e. The van der Waals surface area contributed by atoms with Gasteiger partial charge in [0, 0.05) is 12.1 Å². The lowest BCUT2D eigenvalue weighted by atomic mass is 10.1. The van der Waals surface area contributed by atoms with Gasteiger partial charge in [0.05, 0.1) is 6.61 Å². The summed E-state index contributed by atoms with van der Waals surface area (Å²) in [5, 5.41) is 3.43. The summed E-state index contributed by atoms with van der Waals surface area (Å²) in [5.41, 5.74) is 0.229. The van der Waals surface area contributed by atoms with Crippen LogP contribution in [0.5, 0.6) is 0 Å². The molecule has 0 saturated heterocycles. The second-order valence-electron chi connectivity index (χ2n) is 4.51. The Morgan fingerprint density at radius 3 is 2.50 bits per heavy atom. The van der Waals surface area contributed by atoms with Crippen LogP contribution in [0.3, 0.4) is 0 Å². The Bertz CT molecular complexity index is 147. The summed E-state index contributed by atoms with van der Waals surface area (Å²) < 4.78 is 5.32. The van der Waals surface area contributed by atoms with Gasteiger partial charge in [-0.25, -0.2) is 0 Å². The van der Waals surface area contributed by atoms with Gasteiger partial charge in [0.25, 0.3) is 0 Å². The van der Waals surface area contributed by atoms with Crippen LogP contribution in [0, 0.1) is 0 Å². The minimum absolute atomic E-state index is 0.229. The highest BCUT2D eigenvalue weighted by atomic mass is 16.5. The molecule has 2 nitrogen and oxygen atoms in total. The lowest BCUT2D eigenvalue weighted by Crippen LogP contribution is -2.36. The van der Waals surface area contributed by atoms with Crippen molar-refractivity contribution in [2.45, 2.75) is 46.1 Å². The van der Waals surface area contributed by atoms with E-state index in [9.17, 15) is 0 Å². The molecule has 0 radical (unpaired) electrons. The second-order valence-corrected chi connectivity index (χ2v) is 4.51. The van der Waals surface area contributed by atoms with E-state index in [1.54, 1.807) is 0 Å². The van der Waals surface area contributed by atoms with Gasteiger partial charge in [-0.2, -0.15) is 0 Å². The van der Waals surface area contributed by atoms with Crippen LogP contribution in [-0.2, 0) is 4.74 Å². The van der Waals surface area contributed by atoms with E-state index in [0.717, 1.165) is 32.6 Å². The molecule has 0 aromatic heterocycles. The Kier molecular flexibility index (Phi) is 7.81. The fourth-order valence-corrected chi connectivity index (χ4v) is 1.01. The van der Waals surface area contributed by atoms with Crippen molar-refractivity contribution in [2.75, 3.05) is 19.8 Å². The second kappa shape index (κ2) is 8.01. The third-order valence-electron chi connectivity index (χ3n) is 1.70.